The molecule has 3 rings (SSSR count). The molecule has 0 bridgehead atoms. The molecule has 2 nitrogen and oxygen atoms in total. The van der Waals surface area contributed by atoms with Gasteiger partial charge in [0.05, 0.1) is 17.6 Å². The second-order valence-corrected chi connectivity index (χ2v) is 6.41. The summed E-state index contributed by atoms with van der Waals surface area (Å²) in [6, 6.07) is 7.56. The van der Waals surface area contributed by atoms with E-state index in [-0.39, 0.29) is 5.82 Å². The van der Waals surface area contributed by atoms with Crippen LogP contribution in [0.2, 0.25) is 0 Å². The number of thiophene rings is 1. The lowest BCUT2D eigenvalue weighted by atomic mass is 10.2. The first kappa shape index (κ1) is 12.6. The number of imidazole rings is 1. The van der Waals surface area contributed by atoms with E-state index in [2.05, 4.69) is 24.0 Å². The molecule has 2 aromatic heterocycles. The molecule has 0 amide bonds. The summed E-state index contributed by atoms with van der Waals surface area (Å²) in [4.78, 5) is 5.59. The molecule has 1 aromatic carbocycles. The van der Waals surface area contributed by atoms with Gasteiger partial charge in [0.2, 0.25) is 0 Å². The zero-order chi connectivity index (χ0) is 13.6. The van der Waals surface area contributed by atoms with Crippen molar-refractivity contribution in [1.82, 2.24) is 9.55 Å². The van der Waals surface area contributed by atoms with Gasteiger partial charge in [-0.2, -0.15) is 0 Å². The highest BCUT2D eigenvalue weighted by atomic mass is 32.1. The predicted molar refractivity (Wildman–Crippen MR) is 80.0 cm³/mol. The van der Waals surface area contributed by atoms with E-state index in [4.69, 9.17) is 12.2 Å². The van der Waals surface area contributed by atoms with E-state index in [0.717, 1.165) is 17.6 Å². The van der Waals surface area contributed by atoms with E-state index in [9.17, 15) is 4.39 Å². The normalized spacial score (nSPS) is 11.3. The molecule has 0 unspecified atom stereocenters. The topological polar surface area (TPSA) is 20.7 Å². The maximum atomic E-state index is 13.6. The smallest absolute Gasteiger partial charge is 0.178 e. The molecular weight excluding hydrogens is 279 g/mol. The van der Waals surface area contributed by atoms with Gasteiger partial charge in [0.15, 0.2) is 4.77 Å². The van der Waals surface area contributed by atoms with Gasteiger partial charge in [-0.25, -0.2) is 4.39 Å². The standard InChI is InChI=1S/C14H13FN2S2/c1-8-5-13-12(6-11(8)15)16-14(18)17(13)7-10-4-3-9(2)19-10/h3-6H,7H2,1-2H3,(H,16,18). The van der Waals surface area contributed by atoms with Crippen LogP contribution in [0.1, 0.15) is 15.3 Å². The second kappa shape index (κ2) is 4.58. The minimum absolute atomic E-state index is 0.206. The highest BCUT2D eigenvalue weighted by Gasteiger charge is 2.09. The molecule has 0 spiro atoms. The van der Waals surface area contributed by atoms with Gasteiger partial charge in [0.1, 0.15) is 5.82 Å². The average Bonchev–Trinajstić information content (AvgIpc) is 2.87. The quantitative estimate of drug-likeness (QED) is 0.686. The Morgan fingerprint density at radius 2 is 2.11 bits per heavy atom. The molecule has 0 aliphatic heterocycles. The average molecular weight is 292 g/mol. The number of H-pyrrole nitrogens is 1. The van der Waals surface area contributed by atoms with Gasteiger partial charge in [0.25, 0.3) is 0 Å². The van der Waals surface area contributed by atoms with Crippen molar-refractivity contribution in [2.75, 3.05) is 0 Å². The monoisotopic (exact) mass is 292 g/mol. The summed E-state index contributed by atoms with van der Waals surface area (Å²) in [6.45, 7) is 4.58. The van der Waals surface area contributed by atoms with Crippen LogP contribution in [0.4, 0.5) is 4.39 Å². The third-order valence-electron chi connectivity index (χ3n) is 3.16. The molecular formula is C14H13FN2S2. The van der Waals surface area contributed by atoms with Gasteiger partial charge in [-0.15, -0.1) is 11.3 Å². The van der Waals surface area contributed by atoms with Crippen LogP contribution in [0.25, 0.3) is 11.0 Å². The number of aromatic amines is 1. The third kappa shape index (κ3) is 2.24. The van der Waals surface area contributed by atoms with Crippen molar-refractivity contribution >= 4 is 34.6 Å². The van der Waals surface area contributed by atoms with Crippen LogP contribution in [0.5, 0.6) is 0 Å². The predicted octanol–water partition coefficient (Wildman–Crippen LogP) is 4.56. The first-order valence-electron chi connectivity index (χ1n) is 5.98. The summed E-state index contributed by atoms with van der Waals surface area (Å²) >= 11 is 7.09. The number of hydrogen-bond acceptors (Lipinski definition) is 2. The first-order valence-corrected chi connectivity index (χ1v) is 7.21. The Morgan fingerprint density at radius 3 is 2.79 bits per heavy atom. The van der Waals surface area contributed by atoms with Crippen molar-refractivity contribution in [2.45, 2.75) is 20.4 Å². The summed E-state index contributed by atoms with van der Waals surface area (Å²) in [5, 5.41) is 0. The van der Waals surface area contributed by atoms with Gasteiger partial charge < -0.3 is 9.55 Å². The van der Waals surface area contributed by atoms with E-state index < -0.39 is 0 Å². The van der Waals surface area contributed by atoms with E-state index >= 15 is 0 Å². The van der Waals surface area contributed by atoms with Crippen LogP contribution in [0.3, 0.4) is 0 Å². The molecule has 0 saturated heterocycles. The Kier molecular flexibility index (Phi) is 3.03. The first-order chi connectivity index (χ1) is 9.04. The second-order valence-electron chi connectivity index (χ2n) is 4.65. The maximum Gasteiger partial charge on any atom is 0.178 e. The zero-order valence-electron chi connectivity index (χ0n) is 10.7. The van der Waals surface area contributed by atoms with Crippen LogP contribution < -0.4 is 0 Å². The van der Waals surface area contributed by atoms with Crippen molar-refractivity contribution in [2.24, 2.45) is 0 Å². The van der Waals surface area contributed by atoms with Crippen LogP contribution in [-0.2, 0) is 6.54 Å². The van der Waals surface area contributed by atoms with Gasteiger partial charge >= 0.3 is 0 Å². The Bertz CT molecular complexity index is 811. The summed E-state index contributed by atoms with van der Waals surface area (Å²) in [7, 11) is 0. The number of hydrogen-bond donors (Lipinski definition) is 1. The van der Waals surface area contributed by atoms with Gasteiger partial charge in [0, 0.05) is 9.75 Å². The lowest BCUT2D eigenvalue weighted by Gasteiger charge is -2.03. The van der Waals surface area contributed by atoms with Crippen molar-refractivity contribution in [1.29, 1.82) is 0 Å². The fourth-order valence-electron chi connectivity index (χ4n) is 2.16. The Hall–Kier alpha value is -1.46. The van der Waals surface area contributed by atoms with Gasteiger partial charge in [-0.05, 0) is 55.9 Å². The summed E-state index contributed by atoms with van der Waals surface area (Å²) < 4.78 is 16.2. The molecule has 0 radical (unpaired) electrons. The number of rotatable bonds is 2. The lowest BCUT2D eigenvalue weighted by Crippen LogP contribution is -1.98. The van der Waals surface area contributed by atoms with E-state index in [0.29, 0.717) is 10.3 Å². The lowest BCUT2D eigenvalue weighted by molar-refractivity contribution is 0.620. The fourth-order valence-corrected chi connectivity index (χ4v) is 3.32. The molecule has 0 fully saturated rings. The minimum atomic E-state index is -0.206. The number of aryl methyl sites for hydroxylation is 2. The molecule has 0 aliphatic rings. The summed E-state index contributed by atoms with van der Waals surface area (Å²) in [5.41, 5.74) is 2.34. The number of fused-ring (bicyclic) bond motifs is 1. The third-order valence-corrected chi connectivity index (χ3v) is 4.47. The van der Waals surface area contributed by atoms with Gasteiger partial charge in [-0.3, -0.25) is 0 Å². The van der Waals surface area contributed by atoms with Crippen LogP contribution in [0.15, 0.2) is 24.3 Å². The van der Waals surface area contributed by atoms with Crippen LogP contribution >= 0.6 is 23.6 Å². The fraction of sp³-hybridized carbons (Fsp3) is 0.214. The maximum absolute atomic E-state index is 13.6. The number of nitrogens with one attached hydrogen (secondary N) is 1. The number of benzene rings is 1. The summed E-state index contributed by atoms with van der Waals surface area (Å²) in [5.74, 6) is -0.206. The minimum Gasteiger partial charge on any atom is -0.330 e. The van der Waals surface area contributed by atoms with E-state index in [1.807, 2.05) is 10.6 Å². The molecule has 5 heteroatoms. The highest BCUT2D eigenvalue weighted by molar-refractivity contribution is 7.71. The SMILES string of the molecule is Cc1ccc(Cn2c(=S)[nH]c3cc(F)c(C)cc32)s1. The highest BCUT2D eigenvalue weighted by Crippen LogP contribution is 2.22. The number of nitrogens with zero attached hydrogens (tertiary/aromatic N) is 1. The molecule has 0 aliphatic carbocycles. The van der Waals surface area contributed by atoms with Crippen molar-refractivity contribution in [3.05, 3.63) is 50.2 Å². The molecule has 1 N–H and O–H groups in total. The van der Waals surface area contributed by atoms with Gasteiger partial charge in [-0.1, -0.05) is 0 Å². The van der Waals surface area contributed by atoms with E-state index in [1.54, 1.807) is 18.3 Å². The zero-order valence-corrected chi connectivity index (χ0v) is 12.3. The van der Waals surface area contributed by atoms with E-state index in [1.165, 1.54) is 15.8 Å². The van der Waals surface area contributed by atoms with Crippen LogP contribution in [-0.4, -0.2) is 9.55 Å². The Morgan fingerprint density at radius 1 is 1.32 bits per heavy atom. The summed E-state index contributed by atoms with van der Waals surface area (Å²) in [6.07, 6.45) is 0. The number of halogens is 1. The molecule has 0 saturated carbocycles. The molecule has 2 heterocycles. The molecule has 98 valence electrons. The molecule has 0 atom stereocenters. The Labute approximate surface area is 119 Å². The molecule has 3 aromatic rings. The number of aromatic nitrogens is 2. The largest absolute Gasteiger partial charge is 0.330 e. The Balaban J connectivity index is 2.15. The molecule has 19 heavy (non-hydrogen) atoms. The van der Waals surface area contributed by atoms with Crippen molar-refractivity contribution in [3.63, 3.8) is 0 Å². The van der Waals surface area contributed by atoms with Crippen molar-refractivity contribution in [3.8, 4) is 0 Å². The van der Waals surface area contributed by atoms with Crippen molar-refractivity contribution < 1.29 is 4.39 Å². The van der Waals surface area contributed by atoms with Crippen LogP contribution in [0, 0.1) is 24.4 Å².